The smallest absolute Gasteiger partial charge is 0.00386 e. The van der Waals surface area contributed by atoms with Gasteiger partial charge >= 0.3 is 0 Å². The van der Waals surface area contributed by atoms with E-state index in [9.17, 15) is 0 Å². The number of nitrogens with zero attached hydrogens (tertiary/aromatic N) is 1. The van der Waals surface area contributed by atoms with Gasteiger partial charge in [-0.15, -0.1) is 0 Å². The first-order valence-electron chi connectivity index (χ1n) is 6.35. The third kappa shape index (κ3) is 3.61. The minimum atomic E-state index is 0.786. The van der Waals surface area contributed by atoms with E-state index < -0.39 is 0 Å². The minimum Gasteiger partial charge on any atom is -0.301 e. The standard InChI is InChI=1S/C7H14.C6H13N/c2*1-6(2)7-4-3-5-7/h6-7H,3-5H2,1-2H3;6H,3-5H2,1-2H3. The van der Waals surface area contributed by atoms with Crippen LogP contribution >= 0.6 is 0 Å². The van der Waals surface area contributed by atoms with E-state index in [1.54, 1.807) is 0 Å². The van der Waals surface area contributed by atoms with Crippen molar-refractivity contribution in [3.05, 3.63) is 0 Å². The van der Waals surface area contributed by atoms with E-state index in [1.165, 1.54) is 38.8 Å². The van der Waals surface area contributed by atoms with E-state index >= 15 is 0 Å². The zero-order valence-electron chi connectivity index (χ0n) is 10.4. The van der Waals surface area contributed by atoms with Crippen LogP contribution in [-0.2, 0) is 0 Å². The molecule has 84 valence electrons. The van der Waals surface area contributed by atoms with Crippen molar-refractivity contribution in [2.45, 2.75) is 59.4 Å². The molecule has 0 aromatic rings. The normalized spacial score (nSPS) is 22.7. The second-order valence-corrected chi connectivity index (χ2v) is 5.42. The summed E-state index contributed by atoms with van der Waals surface area (Å²) in [5.74, 6) is 2.04. The summed E-state index contributed by atoms with van der Waals surface area (Å²) in [5.41, 5.74) is 0. The summed E-state index contributed by atoms with van der Waals surface area (Å²) in [7, 11) is 0. The Kier molecular flexibility index (Phi) is 4.94. The molecule has 1 saturated heterocycles. The van der Waals surface area contributed by atoms with E-state index in [2.05, 4.69) is 32.6 Å². The topological polar surface area (TPSA) is 3.24 Å². The van der Waals surface area contributed by atoms with Crippen LogP contribution in [0.1, 0.15) is 53.4 Å². The van der Waals surface area contributed by atoms with Crippen molar-refractivity contribution in [3.8, 4) is 0 Å². The first-order valence-corrected chi connectivity index (χ1v) is 6.35. The Morgan fingerprint density at radius 2 is 1.50 bits per heavy atom. The summed E-state index contributed by atoms with van der Waals surface area (Å²) >= 11 is 0. The van der Waals surface area contributed by atoms with Gasteiger partial charge in [0.2, 0.25) is 0 Å². The van der Waals surface area contributed by atoms with Crippen molar-refractivity contribution in [2.75, 3.05) is 13.1 Å². The van der Waals surface area contributed by atoms with Crippen LogP contribution in [0.2, 0.25) is 0 Å². The van der Waals surface area contributed by atoms with Crippen LogP contribution in [0.15, 0.2) is 0 Å². The molecule has 0 radical (unpaired) electrons. The van der Waals surface area contributed by atoms with Crippen LogP contribution in [0.5, 0.6) is 0 Å². The van der Waals surface area contributed by atoms with E-state index in [4.69, 9.17) is 0 Å². The molecule has 0 aromatic heterocycles. The van der Waals surface area contributed by atoms with Crippen molar-refractivity contribution in [3.63, 3.8) is 0 Å². The molecule has 0 amide bonds. The molecule has 1 heteroatoms. The van der Waals surface area contributed by atoms with Gasteiger partial charge in [-0.2, -0.15) is 0 Å². The van der Waals surface area contributed by atoms with Crippen LogP contribution in [0, 0.1) is 11.8 Å². The Labute approximate surface area is 89.9 Å². The van der Waals surface area contributed by atoms with Crippen LogP contribution < -0.4 is 0 Å². The van der Waals surface area contributed by atoms with E-state index in [-0.39, 0.29) is 0 Å². The lowest BCUT2D eigenvalue weighted by molar-refractivity contribution is 0.138. The Hall–Kier alpha value is -0.0400. The summed E-state index contributed by atoms with van der Waals surface area (Å²) < 4.78 is 0. The second kappa shape index (κ2) is 5.75. The Morgan fingerprint density at radius 3 is 1.50 bits per heavy atom. The first-order chi connectivity index (χ1) is 6.61. The van der Waals surface area contributed by atoms with Crippen molar-refractivity contribution in [1.29, 1.82) is 0 Å². The monoisotopic (exact) mass is 197 g/mol. The highest BCUT2D eigenvalue weighted by atomic mass is 15.2. The highest BCUT2D eigenvalue weighted by Crippen LogP contribution is 2.32. The first kappa shape index (κ1) is 12.0. The summed E-state index contributed by atoms with van der Waals surface area (Å²) in [5, 5.41) is 0. The van der Waals surface area contributed by atoms with Crippen molar-refractivity contribution >= 4 is 0 Å². The number of likely N-dealkylation sites (tertiary alicyclic amines) is 1. The van der Waals surface area contributed by atoms with Gasteiger partial charge in [0, 0.05) is 6.04 Å². The average Bonchev–Trinajstić information content (AvgIpc) is 1.74. The van der Waals surface area contributed by atoms with Gasteiger partial charge in [-0.05, 0) is 45.2 Å². The summed E-state index contributed by atoms with van der Waals surface area (Å²) in [4.78, 5) is 2.47. The van der Waals surface area contributed by atoms with Gasteiger partial charge < -0.3 is 4.90 Å². The van der Waals surface area contributed by atoms with Crippen LogP contribution in [0.25, 0.3) is 0 Å². The molecule has 0 bridgehead atoms. The molecule has 1 aliphatic heterocycles. The maximum atomic E-state index is 2.47. The van der Waals surface area contributed by atoms with Crippen molar-refractivity contribution in [1.82, 2.24) is 4.90 Å². The van der Waals surface area contributed by atoms with Gasteiger partial charge in [0.15, 0.2) is 0 Å². The van der Waals surface area contributed by atoms with Crippen LogP contribution in [-0.4, -0.2) is 24.0 Å². The fourth-order valence-electron chi connectivity index (χ4n) is 1.96. The zero-order valence-corrected chi connectivity index (χ0v) is 10.4. The van der Waals surface area contributed by atoms with Crippen LogP contribution in [0.3, 0.4) is 0 Å². The van der Waals surface area contributed by atoms with Gasteiger partial charge in [0.05, 0.1) is 0 Å². The molecule has 0 N–H and O–H groups in total. The SMILES string of the molecule is CC(C)C1CCC1.CC(C)N1CCC1. The number of hydrogen-bond acceptors (Lipinski definition) is 1. The van der Waals surface area contributed by atoms with Crippen molar-refractivity contribution in [2.24, 2.45) is 11.8 Å². The quantitative estimate of drug-likeness (QED) is 0.654. The molecule has 0 unspecified atom stereocenters. The largest absolute Gasteiger partial charge is 0.301 e. The average molecular weight is 197 g/mol. The van der Waals surface area contributed by atoms with Gasteiger partial charge in [-0.25, -0.2) is 0 Å². The van der Waals surface area contributed by atoms with Crippen molar-refractivity contribution < 1.29 is 0 Å². The lowest BCUT2D eigenvalue weighted by Gasteiger charge is -2.34. The third-order valence-corrected chi connectivity index (χ3v) is 3.71. The molecule has 1 aliphatic carbocycles. The maximum Gasteiger partial charge on any atom is 0.00386 e. The molecule has 0 atom stereocenters. The predicted octanol–water partition coefficient (Wildman–Crippen LogP) is 3.54. The Morgan fingerprint density at radius 1 is 0.929 bits per heavy atom. The lowest BCUT2D eigenvalue weighted by atomic mass is 9.78. The summed E-state index contributed by atoms with van der Waals surface area (Å²) in [6.45, 7) is 11.8. The molecule has 1 saturated carbocycles. The third-order valence-electron chi connectivity index (χ3n) is 3.71. The van der Waals surface area contributed by atoms with Gasteiger partial charge in [-0.1, -0.05) is 33.1 Å². The highest BCUT2D eigenvalue weighted by molar-refractivity contribution is 4.71. The molecular formula is C13H27N. The molecule has 1 nitrogen and oxygen atoms in total. The Balaban J connectivity index is 0.000000140. The van der Waals surface area contributed by atoms with Crippen LogP contribution in [0.4, 0.5) is 0 Å². The van der Waals surface area contributed by atoms with Gasteiger partial charge in [-0.3, -0.25) is 0 Å². The highest BCUT2D eigenvalue weighted by Gasteiger charge is 2.19. The molecule has 2 fully saturated rings. The molecule has 2 aliphatic rings. The van der Waals surface area contributed by atoms with E-state index in [0.29, 0.717) is 0 Å². The minimum absolute atomic E-state index is 0.786. The summed E-state index contributed by atoms with van der Waals surface area (Å²) in [6.07, 6.45) is 5.90. The predicted molar refractivity (Wildman–Crippen MR) is 63.5 cm³/mol. The molecular weight excluding hydrogens is 170 g/mol. The molecule has 1 heterocycles. The molecule has 0 aromatic carbocycles. The lowest BCUT2D eigenvalue weighted by Crippen LogP contribution is -2.41. The number of hydrogen-bond donors (Lipinski definition) is 0. The summed E-state index contributed by atoms with van der Waals surface area (Å²) in [6, 6.07) is 0.786. The Bertz CT molecular complexity index is 125. The second-order valence-electron chi connectivity index (χ2n) is 5.42. The van der Waals surface area contributed by atoms with Gasteiger partial charge in [0.25, 0.3) is 0 Å². The van der Waals surface area contributed by atoms with Gasteiger partial charge in [0.1, 0.15) is 0 Å². The molecule has 2 rings (SSSR count). The fraction of sp³-hybridized carbons (Fsp3) is 1.00. The molecule has 0 spiro atoms. The maximum absolute atomic E-state index is 2.47. The van der Waals surface area contributed by atoms with E-state index in [1.807, 2.05) is 0 Å². The number of rotatable bonds is 2. The zero-order chi connectivity index (χ0) is 10.6. The fourth-order valence-corrected chi connectivity index (χ4v) is 1.96. The molecule has 14 heavy (non-hydrogen) atoms. The van der Waals surface area contributed by atoms with E-state index in [0.717, 1.165) is 17.9 Å².